The van der Waals surface area contributed by atoms with Crippen molar-refractivity contribution in [3.05, 3.63) is 75.1 Å². The summed E-state index contributed by atoms with van der Waals surface area (Å²) in [5.41, 5.74) is 2.11. The summed E-state index contributed by atoms with van der Waals surface area (Å²) in [5, 5.41) is 31.1. The molecule has 7 nitrogen and oxygen atoms in total. The van der Waals surface area contributed by atoms with Crippen LogP contribution >= 0.6 is 0 Å². The predicted molar refractivity (Wildman–Crippen MR) is 109 cm³/mol. The van der Waals surface area contributed by atoms with Crippen LogP contribution in [0.3, 0.4) is 0 Å². The minimum atomic E-state index is -1.27. The van der Waals surface area contributed by atoms with Crippen LogP contribution in [-0.2, 0) is 12.8 Å². The summed E-state index contributed by atoms with van der Waals surface area (Å²) in [6, 6.07) is 11.0. The first-order valence-electron chi connectivity index (χ1n) is 9.85. The maximum Gasteiger partial charge on any atom is 0.339 e. The third-order valence-electron chi connectivity index (χ3n) is 5.46. The van der Waals surface area contributed by atoms with Crippen LogP contribution in [0.2, 0.25) is 0 Å². The van der Waals surface area contributed by atoms with Crippen molar-refractivity contribution in [1.29, 1.82) is 0 Å². The summed E-state index contributed by atoms with van der Waals surface area (Å²) >= 11 is 0. The Morgan fingerprint density at radius 3 is 2.57 bits per heavy atom. The van der Waals surface area contributed by atoms with E-state index in [1.165, 1.54) is 12.1 Å². The number of hydrogen-bond acceptors (Lipinski definition) is 6. The fraction of sp³-hybridized carbons (Fsp3) is 0.304. The van der Waals surface area contributed by atoms with Gasteiger partial charge in [0.15, 0.2) is 0 Å². The van der Waals surface area contributed by atoms with Crippen LogP contribution < -0.4 is 10.4 Å². The molecular weight excluding hydrogens is 388 g/mol. The summed E-state index contributed by atoms with van der Waals surface area (Å²) in [6.45, 7) is -0.237. The highest BCUT2D eigenvalue weighted by molar-refractivity contribution is 5.88. The number of benzene rings is 2. The van der Waals surface area contributed by atoms with Gasteiger partial charge in [-0.3, -0.25) is 0 Å². The van der Waals surface area contributed by atoms with Gasteiger partial charge in [0.25, 0.3) is 0 Å². The number of rotatable bonds is 6. The monoisotopic (exact) mass is 410 g/mol. The zero-order valence-electron chi connectivity index (χ0n) is 16.2. The lowest BCUT2D eigenvalue weighted by Gasteiger charge is -2.23. The normalized spacial score (nSPS) is 15.4. The summed E-state index contributed by atoms with van der Waals surface area (Å²) in [4.78, 5) is 23.4. The third-order valence-corrected chi connectivity index (χ3v) is 5.46. The topological polar surface area (TPSA) is 117 Å². The quantitative estimate of drug-likeness (QED) is 0.535. The lowest BCUT2D eigenvalue weighted by molar-refractivity contribution is -0.00834. The molecule has 2 atom stereocenters. The number of fused-ring (bicyclic) bond motifs is 3. The summed E-state index contributed by atoms with van der Waals surface area (Å²) in [5.74, 6) is -0.800. The minimum absolute atomic E-state index is 0.0678. The van der Waals surface area contributed by atoms with E-state index in [4.69, 9.17) is 14.3 Å². The number of carboxylic acids is 1. The maximum absolute atomic E-state index is 12.3. The second-order valence-corrected chi connectivity index (χ2v) is 7.43. The zero-order valence-corrected chi connectivity index (χ0v) is 16.2. The molecule has 30 heavy (non-hydrogen) atoms. The van der Waals surface area contributed by atoms with E-state index >= 15 is 0 Å². The first-order chi connectivity index (χ1) is 14.5. The second kappa shape index (κ2) is 8.30. The Kier molecular flexibility index (Phi) is 5.57. The molecule has 0 radical (unpaired) electrons. The van der Waals surface area contributed by atoms with Crippen molar-refractivity contribution in [2.45, 2.75) is 37.9 Å². The lowest BCUT2D eigenvalue weighted by Crippen LogP contribution is -2.26. The van der Waals surface area contributed by atoms with Gasteiger partial charge in [0.2, 0.25) is 0 Å². The molecule has 4 rings (SSSR count). The van der Waals surface area contributed by atoms with Gasteiger partial charge in [-0.1, -0.05) is 18.2 Å². The highest BCUT2D eigenvalue weighted by Gasteiger charge is 2.26. The SMILES string of the molecule is O=C(O)c1cccc(OCC(O)C(O)c2cccc3oc(=O)c4c(c23)CCCC4)c1. The lowest BCUT2D eigenvalue weighted by atomic mass is 9.87. The van der Waals surface area contributed by atoms with Gasteiger partial charge in [0.05, 0.1) is 5.56 Å². The highest BCUT2D eigenvalue weighted by Crippen LogP contribution is 2.33. The van der Waals surface area contributed by atoms with E-state index in [1.54, 1.807) is 30.3 Å². The molecule has 0 bridgehead atoms. The maximum atomic E-state index is 12.3. The Hall–Kier alpha value is -3.16. The largest absolute Gasteiger partial charge is 0.491 e. The van der Waals surface area contributed by atoms with Crippen LogP contribution in [0.4, 0.5) is 0 Å². The van der Waals surface area contributed by atoms with Crippen molar-refractivity contribution in [3.63, 3.8) is 0 Å². The van der Waals surface area contributed by atoms with Crippen LogP contribution in [0.1, 0.15) is 46.0 Å². The molecule has 0 aliphatic heterocycles. The van der Waals surface area contributed by atoms with Gasteiger partial charge in [-0.25, -0.2) is 9.59 Å². The van der Waals surface area contributed by atoms with Crippen molar-refractivity contribution in [1.82, 2.24) is 0 Å². The van der Waals surface area contributed by atoms with E-state index < -0.39 is 18.2 Å². The van der Waals surface area contributed by atoms with E-state index in [2.05, 4.69) is 0 Å². The summed E-state index contributed by atoms with van der Waals surface area (Å²) < 4.78 is 11.0. The number of aryl methyl sites for hydroxylation is 1. The molecule has 1 aromatic heterocycles. The van der Waals surface area contributed by atoms with E-state index in [1.807, 2.05) is 0 Å². The van der Waals surface area contributed by atoms with Gasteiger partial charge >= 0.3 is 11.6 Å². The molecule has 0 fully saturated rings. The molecule has 0 saturated carbocycles. The molecule has 2 aromatic carbocycles. The van der Waals surface area contributed by atoms with Crippen molar-refractivity contribution >= 4 is 16.9 Å². The molecule has 3 aromatic rings. The minimum Gasteiger partial charge on any atom is -0.491 e. The molecule has 3 N–H and O–H groups in total. The number of carboxylic acid groups (broad SMARTS) is 1. The van der Waals surface area contributed by atoms with E-state index in [9.17, 15) is 19.8 Å². The Balaban J connectivity index is 1.61. The second-order valence-electron chi connectivity index (χ2n) is 7.43. The van der Waals surface area contributed by atoms with Crippen molar-refractivity contribution in [2.75, 3.05) is 6.61 Å². The number of aliphatic hydroxyl groups excluding tert-OH is 2. The zero-order chi connectivity index (χ0) is 21.3. The van der Waals surface area contributed by atoms with Crippen molar-refractivity contribution < 1.29 is 29.3 Å². The number of hydrogen-bond donors (Lipinski definition) is 3. The Morgan fingerprint density at radius 1 is 1.07 bits per heavy atom. The van der Waals surface area contributed by atoms with Crippen LogP contribution in [-0.4, -0.2) is 34.0 Å². The van der Waals surface area contributed by atoms with Crippen LogP contribution in [0, 0.1) is 0 Å². The molecule has 1 aliphatic carbocycles. The van der Waals surface area contributed by atoms with Gasteiger partial charge in [0, 0.05) is 10.9 Å². The molecule has 1 heterocycles. The van der Waals surface area contributed by atoms with Crippen molar-refractivity contribution in [2.24, 2.45) is 0 Å². The first-order valence-corrected chi connectivity index (χ1v) is 9.85. The van der Waals surface area contributed by atoms with Crippen LogP contribution in [0.15, 0.2) is 51.7 Å². The average molecular weight is 410 g/mol. The van der Waals surface area contributed by atoms with E-state index in [-0.39, 0.29) is 23.5 Å². The van der Waals surface area contributed by atoms with Gasteiger partial charge in [0.1, 0.15) is 30.1 Å². The highest BCUT2D eigenvalue weighted by atomic mass is 16.5. The predicted octanol–water partition coefficient (Wildman–Crippen LogP) is 2.84. The summed E-state index contributed by atoms with van der Waals surface area (Å²) in [7, 11) is 0. The Bertz CT molecular complexity index is 1150. The van der Waals surface area contributed by atoms with E-state index in [0.29, 0.717) is 28.5 Å². The Labute approximate surface area is 172 Å². The number of aromatic carboxylic acids is 1. The molecule has 2 unspecified atom stereocenters. The van der Waals surface area contributed by atoms with E-state index in [0.717, 1.165) is 24.8 Å². The number of carbonyl (C=O) groups is 1. The fourth-order valence-corrected chi connectivity index (χ4v) is 3.97. The number of aliphatic hydroxyl groups is 2. The first kappa shape index (κ1) is 20.1. The molecule has 0 amide bonds. The molecule has 0 spiro atoms. The molecular formula is C23H22O7. The number of ether oxygens (including phenoxy) is 1. The summed E-state index contributed by atoms with van der Waals surface area (Å²) in [6.07, 6.45) is 0.686. The van der Waals surface area contributed by atoms with Crippen molar-refractivity contribution in [3.8, 4) is 5.75 Å². The van der Waals surface area contributed by atoms with Gasteiger partial charge in [-0.2, -0.15) is 0 Å². The van der Waals surface area contributed by atoms with Crippen LogP contribution in [0.5, 0.6) is 5.75 Å². The van der Waals surface area contributed by atoms with Crippen LogP contribution in [0.25, 0.3) is 11.0 Å². The Morgan fingerprint density at radius 2 is 1.80 bits per heavy atom. The molecule has 7 heteroatoms. The molecule has 156 valence electrons. The molecule has 1 aliphatic rings. The standard InChI is InChI=1S/C23H22O7/c24-18(12-29-14-6-3-5-13(11-14)22(26)27)21(25)17-9-4-10-19-20(17)15-7-1-2-8-16(15)23(28)30-19/h3-6,9-11,18,21,24-25H,1-2,7-8,12H2,(H,26,27). The fourth-order valence-electron chi connectivity index (χ4n) is 3.97. The average Bonchev–Trinajstić information content (AvgIpc) is 2.77. The molecule has 0 saturated heterocycles. The van der Waals surface area contributed by atoms with Gasteiger partial charge < -0.3 is 24.5 Å². The third kappa shape index (κ3) is 3.81. The van der Waals surface area contributed by atoms with Gasteiger partial charge in [-0.15, -0.1) is 0 Å². The van der Waals surface area contributed by atoms with Gasteiger partial charge in [-0.05, 0) is 61.1 Å². The smallest absolute Gasteiger partial charge is 0.339 e.